The van der Waals surface area contributed by atoms with E-state index < -0.39 is 6.10 Å². The van der Waals surface area contributed by atoms with Gasteiger partial charge in [-0.1, -0.05) is 41.6 Å². The van der Waals surface area contributed by atoms with Gasteiger partial charge in [0.25, 0.3) is 5.91 Å². The van der Waals surface area contributed by atoms with Gasteiger partial charge in [0.05, 0.1) is 26.3 Å². The fraction of sp³-hybridized carbons (Fsp3) is 0.240. The van der Waals surface area contributed by atoms with Gasteiger partial charge in [0.15, 0.2) is 6.10 Å². The quantitative estimate of drug-likeness (QED) is 0.397. The molecule has 170 valence electrons. The number of hydrogen-bond acceptors (Lipinski definition) is 7. The molecule has 1 amide bonds. The van der Waals surface area contributed by atoms with Crippen molar-refractivity contribution in [3.05, 3.63) is 66.6 Å². The lowest BCUT2D eigenvalue weighted by Gasteiger charge is -2.21. The first-order chi connectivity index (χ1) is 16.0. The van der Waals surface area contributed by atoms with E-state index >= 15 is 0 Å². The Balaban J connectivity index is 1.45. The van der Waals surface area contributed by atoms with Crippen LogP contribution in [0.25, 0.3) is 22.2 Å². The number of benzene rings is 3. The highest BCUT2D eigenvalue weighted by Crippen LogP contribution is 2.31. The van der Waals surface area contributed by atoms with E-state index in [1.54, 1.807) is 46.4 Å². The van der Waals surface area contributed by atoms with Gasteiger partial charge in [-0.3, -0.25) is 4.79 Å². The van der Waals surface area contributed by atoms with Crippen molar-refractivity contribution in [1.29, 1.82) is 0 Å². The Morgan fingerprint density at radius 1 is 1.03 bits per heavy atom. The molecule has 0 aliphatic rings. The summed E-state index contributed by atoms with van der Waals surface area (Å²) in [5.74, 6) is 2.34. The van der Waals surface area contributed by atoms with Gasteiger partial charge in [-0.05, 0) is 30.5 Å². The molecule has 0 saturated carbocycles. The number of nitrogens with zero attached hydrogens (tertiary/aromatic N) is 3. The molecule has 1 aromatic heterocycles. The van der Waals surface area contributed by atoms with Gasteiger partial charge >= 0.3 is 0 Å². The Hall–Kier alpha value is -4.07. The van der Waals surface area contributed by atoms with Crippen LogP contribution in [0.2, 0.25) is 0 Å². The molecule has 0 unspecified atom stereocenters. The average Bonchev–Trinajstić information content (AvgIpc) is 3.31. The monoisotopic (exact) mass is 447 g/mol. The highest BCUT2D eigenvalue weighted by molar-refractivity contribution is 5.89. The van der Waals surface area contributed by atoms with Crippen LogP contribution >= 0.6 is 0 Å². The Bertz CT molecular complexity index is 1260. The Kier molecular flexibility index (Phi) is 6.44. The van der Waals surface area contributed by atoms with E-state index in [1.165, 1.54) is 4.90 Å². The Morgan fingerprint density at radius 2 is 1.82 bits per heavy atom. The van der Waals surface area contributed by atoms with Crippen molar-refractivity contribution in [3.63, 3.8) is 0 Å². The van der Waals surface area contributed by atoms with Gasteiger partial charge in [0.2, 0.25) is 11.7 Å². The van der Waals surface area contributed by atoms with E-state index in [2.05, 4.69) is 10.1 Å². The van der Waals surface area contributed by atoms with E-state index in [4.69, 9.17) is 18.7 Å². The van der Waals surface area contributed by atoms with Gasteiger partial charge in [-0.15, -0.1) is 0 Å². The van der Waals surface area contributed by atoms with Crippen LogP contribution in [0.3, 0.4) is 0 Å². The first kappa shape index (κ1) is 22.1. The fourth-order valence-electron chi connectivity index (χ4n) is 3.54. The predicted octanol–water partition coefficient (Wildman–Crippen LogP) is 4.33. The molecule has 0 spiro atoms. The van der Waals surface area contributed by atoms with Crippen LogP contribution in [-0.4, -0.2) is 48.3 Å². The highest BCUT2D eigenvalue weighted by atomic mass is 16.5. The van der Waals surface area contributed by atoms with Crippen LogP contribution in [0.4, 0.5) is 0 Å². The normalized spacial score (nSPS) is 11.8. The molecule has 0 saturated heterocycles. The van der Waals surface area contributed by atoms with Gasteiger partial charge < -0.3 is 23.6 Å². The number of fused-ring (bicyclic) bond motifs is 1. The molecule has 3 aromatic carbocycles. The summed E-state index contributed by atoms with van der Waals surface area (Å²) < 4.78 is 22.0. The minimum Gasteiger partial charge on any atom is -0.497 e. The number of methoxy groups -OCH3 is 2. The summed E-state index contributed by atoms with van der Waals surface area (Å²) in [5, 5.41) is 6.04. The SMILES string of the molecule is COc1ccc(-c2noc(CN(C)C(=O)[C@@H](C)Oc3cccc4ccccc34)n2)c(OC)c1. The van der Waals surface area contributed by atoms with Crippen molar-refractivity contribution < 1.29 is 23.5 Å². The summed E-state index contributed by atoms with van der Waals surface area (Å²) >= 11 is 0. The number of hydrogen-bond donors (Lipinski definition) is 0. The molecule has 0 N–H and O–H groups in total. The number of aromatic nitrogens is 2. The number of carbonyl (C=O) groups is 1. The van der Waals surface area contributed by atoms with Gasteiger partial charge in [0.1, 0.15) is 17.2 Å². The second-order valence-electron chi connectivity index (χ2n) is 7.51. The maximum absolute atomic E-state index is 12.9. The van der Waals surface area contributed by atoms with Gasteiger partial charge in [0, 0.05) is 18.5 Å². The molecule has 8 heteroatoms. The van der Waals surface area contributed by atoms with Gasteiger partial charge in [-0.25, -0.2) is 0 Å². The predicted molar refractivity (Wildman–Crippen MR) is 123 cm³/mol. The molecule has 0 aliphatic carbocycles. The van der Waals surface area contributed by atoms with Crippen molar-refractivity contribution in [3.8, 4) is 28.6 Å². The molecule has 4 rings (SSSR count). The largest absolute Gasteiger partial charge is 0.497 e. The van der Waals surface area contributed by atoms with Crippen molar-refractivity contribution in [1.82, 2.24) is 15.0 Å². The first-order valence-electron chi connectivity index (χ1n) is 10.4. The van der Waals surface area contributed by atoms with Crippen LogP contribution < -0.4 is 14.2 Å². The van der Waals surface area contributed by atoms with E-state index in [0.717, 1.165) is 10.8 Å². The molecule has 0 aliphatic heterocycles. The smallest absolute Gasteiger partial charge is 0.263 e. The lowest BCUT2D eigenvalue weighted by atomic mass is 10.1. The second kappa shape index (κ2) is 9.60. The molecule has 33 heavy (non-hydrogen) atoms. The van der Waals surface area contributed by atoms with Crippen LogP contribution in [0.15, 0.2) is 65.2 Å². The molecule has 8 nitrogen and oxygen atoms in total. The maximum atomic E-state index is 12.9. The number of ether oxygens (including phenoxy) is 3. The van der Waals surface area contributed by atoms with E-state index in [-0.39, 0.29) is 12.5 Å². The van der Waals surface area contributed by atoms with Crippen LogP contribution in [-0.2, 0) is 11.3 Å². The summed E-state index contributed by atoms with van der Waals surface area (Å²) in [6, 6.07) is 19.0. The molecule has 0 fully saturated rings. The molecular weight excluding hydrogens is 422 g/mol. The zero-order valence-electron chi connectivity index (χ0n) is 18.9. The lowest BCUT2D eigenvalue weighted by molar-refractivity contribution is -0.137. The van der Waals surface area contributed by atoms with Crippen molar-refractivity contribution in [2.24, 2.45) is 0 Å². The Labute approximate surface area is 191 Å². The lowest BCUT2D eigenvalue weighted by Crippen LogP contribution is -2.37. The van der Waals surface area contributed by atoms with E-state index in [1.807, 2.05) is 42.5 Å². The summed E-state index contributed by atoms with van der Waals surface area (Å²) in [7, 11) is 4.81. The Morgan fingerprint density at radius 3 is 2.61 bits per heavy atom. The molecule has 1 atom stereocenters. The number of rotatable bonds is 8. The van der Waals surface area contributed by atoms with E-state index in [9.17, 15) is 4.79 Å². The van der Waals surface area contributed by atoms with E-state index in [0.29, 0.717) is 34.5 Å². The third-order valence-electron chi connectivity index (χ3n) is 5.27. The minimum absolute atomic E-state index is 0.146. The maximum Gasteiger partial charge on any atom is 0.263 e. The summed E-state index contributed by atoms with van der Waals surface area (Å²) in [6.07, 6.45) is -0.690. The average molecular weight is 447 g/mol. The molecule has 0 radical (unpaired) electrons. The molecule has 4 aromatic rings. The standard InChI is InChI=1S/C25H25N3O5/c1-16(32-21-11-7-9-17-8-5-6-10-19(17)21)25(29)28(2)15-23-26-24(27-33-23)20-13-12-18(30-3)14-22(20)31-4/h5-14,16H,15H2,1-4H3/t16-/m1/s1. The fourth-order valence-corrected chi connectivity index (χ4v) is 3.54. The van der Waals surface area contributed by atoms with Crippen molar-refractivity contribution in [2.45, 2.75) is 19.6 Å². The van der Waals surface area contributed by atoms with Crippen molar-refractivity contribution >= 4 is 16.7 Å². The third kappa shape index (κ3) is 4.74. The summed E-state index contributed by atoms with van der Waals surface area (Å²) in [6.45, 7) is 1.87. The van der Waals surface area contributed by atoms with Crippen LogP contribution in [0, 0.1) is 0 Å². The number of amides is 1. The number of carbonyl (C=O) groups excluding carboxylic acids is 1. The third-order valence-corrected chi connectivity index (χ3v) is 5.27. The summed E-state index contributed by atoms with van der Waals surface area (Å²) in [5.41, 5.74) is 0.662. The second-order valence-corrected chi connectivity index (χ2v) is 7.51. The topological polar surface area (TPSA) is 86.9 Å². The molecule has 0 bridgehead atoms. The highest BCUT2D eigenvalue weighted by Gasteiger charge is 2.23. The zero-order chi connectivity index (χ0) is 23.4. The molecular formula is C25H25N3O5. The summed E-state index contributed by atoms with van der Waals surface area (Å²) in [4.78, 5) is 18.8. The van der Waals surface area contributed by atoms with Gasteiger partial charge in [-0.2, -0.15) is 4.98 Å². The minimum atomic E-state index is -0.690. The first-order valence-corrected chi connectivity index (χ1v) is 10.4. The van der Waals surface area contributed by atoms with Crippen LogP contribution in [0.5, 0.6) is 17.2 Å². The zero-order valence-corrected chi connectivity index (χ0v) is 18.9. The van der Waals surface area contributed by atoms with Crippen molar-refractivity contribution in [2.75, 3.05) is 21.3 Å². The number of likely N-dealkylation sites (N-methyl/N-ethyl adjacent to an activating group) is 1. The molecule has 1 heterocycles. The van der Waals surface area contributed by atoms with Crippen LogP contribution in [0.1, 0.15) is 12.8 Å².